The Morgan fingerprint density at radius 2 is 1.77 bits per heavy atom. The summed E-state index contributed by atoms with van der Waals surface area (Å²) in [5.74, 6) is 0.949. The van der Waals surface area contributed by atoms with E-state index in [1.807, 2.05) is 74.5 Å². The summed E-state index contributed by atoms with van der Waals surface area (Å²) in [5.41, 5.74) is 4.44. The summed E-state index contributed by atoms with van der Waals surface area (Å²) < 4.78 is 27.4. The molecule has 1 saturated heterocycles. The van der Waals surface area contributed by atoms with Gasteiger partial charge in [0.25, 0.3) is 0 Å². The molecule has 0 aliphatic carbocycles. The number of nitrogens with zero attached hydrogens (tertiary/aromatic N) is 3. The monoisotopic (exact) mass is 490 g/mol. The standard InChI is InChI=1S/C27H30N4O3S/c1-19(2)35(32)30-24(18-20-8-7-13-26(28-20)31-14-16-33-17-15-31)21-9-3-4-10-22(21)27-23-11-5-6-12-25(23)34-29-27/h3-13,19,24,30H,14-18H2,1-2H3/t24-,35-/m0/s1. The number of benzene rings is 2. The predicted octanol–water partition coefficient (Wildman–Crippen LogP) is 4.67. The summed E-state index contributed by atoms with van der Waals surface area (Å²) in [5, 5.41) is 5.32. The van der Waals surface area contributed by atoms with E-state index in [4.69, 9.17) is 14.2 Å². The van der Waals surface area contributed by atoms with Crippen molar-refractivity contribution in [3.63, 3.8) is 0 Å². The Labute approximate surface area is 208 Å². The molecular weight excluding hydrogens is 460 g/mol. The Hall–Kier alpha value is -2.91. The number of rotatable bonds is 8. The summed E-state index contributed by atoms with van der Waals surface area (Å²) in [7, 11) is 0. The molecule has 0 spiro atoms. The van der Waals surface area contributed by atoms with Gasteiger partial charge in [-0.1, -0.05) is 47.6 Å². The maximum absolute atomic E-state index is 13.0. The van der Waals surface area contributed by atoms with Crippen LogP contribution in [0.4, 0.5) is 5.82 Å². The fourth-order valence-corrected chi connectivity index (χ4v) is 5.11. The lowest BCUT2D eigenvalue weighted by Crippen LogP contribution is -2.37. The summed E-state index contributed by atoms with van der Waals surface area (Å²) in [6.45, 7) is 6.99. The first-order valence-corrected chi connectivity index (χ1v) is 13.2. The van der Waals surface area contributed by atoms with Crippen LogP contribution in [0.3, 0.4) is 0 Å². The van der Waals surface area contributed by atoms with Gasteiger partial charge < -0.3 is 18.7 Å². The van der Waals surface area contributed by atoms with Gasteiger partial charge in [-0.25, -0.2) is 4.98 Å². The number of ether oxygens (including phenoxy) is 1. The van der Waals surface area contributed by atoms with Crippen LogP contribution in [0, 0.1) is 0 Å². The molecule has 2 aromatic heterocycles. The van der Waals surface area contributed by atoms with Crippen LogP contribution in [0.15, 0.2) is 71.3 Å². The first-order valence-electron chi connectivity index (χ1n) is 12.0. The number of fused-ring (bicyclic) bond motifs is 1. The summed E-state index contributed by atoms with van der Waals surface area (Å²) in [6.07, 6.45) is 0.587. The Bertz CT molecular complexity index is 1270. The second kappa shape index (κ2) is 10.8. The minimum absolute atomic E-state index is 0.0230. The molecule has 35 heavy (non-hydrogen) atoms. The van der Waals surface area contributed by atoms with Crippen molar-refractivity contribution in [1.82, 2.24) is 14.9 Å². The van der Waals surface area contributed by atoms with Gasteiger partial charge in [0.1, 0.15) is 16.8 Å². The molecule has 3 heterocycles. The lowest BCUT2D eigenvalue weighted by Gasteiger charge is -2.28. The van der Waals surface area contributed by atoms with Crippen LogP contribution in [0.25, 0.3) is 22.2 Å². The lowest BCUT2D eigenvalue weighted by molar-refractivity contribution is 0.122. The van der Waals surface area contributed by atoms with E-state index in [0.29, 0.717) is 19.6 Å². The van der Waals surface area contributed by atoms with Gasteiger partial charge in [0, 0.05) is 47.5 Å². The van der Waals surface area contributed by atoms with Crippen LogP contribution in [0.2, 0.25) is 0 Å². The quantitative estimate of drug-likeness (QED) is 0.359. The molecule has 0 saturated carbocycles. The van der Waals surface area contributed by atoms with Gasteiger partial charge in [-0.2, -0.15) is 0 Å². The number of morpholine rings is 1. The molecule has 8 heteroatoms. The van der Waals surface area contributed by atoms with E-state index in [1.54, 1.807) is 0 Å². The first kappa shape index (κ1) is 23.8. The molecule has 1 aliphatic rings. The van der Waals surface area contributed by atoms with Crippen molar-refractivity contribution in [1.29, 1.82) is 0 Å². The van der Waals surface area contributed by atoms with Gasteiger partial charge in [0.05, 0.1) is 19.3 Å². The highest BCUT2D eigenvalue weighted by atomic mass is 32.2. The number of nitrogens with one attached hydrogen (secondary N) is 1. The van der Waals surface area contributed by atoms with Crippen molar-refractivity contribution in [3.8, 4) is 11.3 Å². The average Bonchev–Trinajstić information content (AvgIpc) is 3.33. The maximum Gasteiger partial charge on any atom is 0.167 e. The molecule has 7 nitrogen and oxygen atoms in total. The molecule has 5 rings (SSSR count). The molecule has 182 valence electrons. The number of para-hydroxylation sites is 1. The maximum atomic E-state index is 13.0. The van der Waals surface area contributed by atoms with Crippen LogP contribution >= 0.6 is 0 Å². The SMILES string of the molecule is CC(C)[S@+]([O-])N[C@@H](Cc1cccc(N2CCOCC2)n1)c1ccccc1-c1noc2ccccc12. The molecule has 2 aromatic carbocycles. The molecule has 1 N–H and O–H groups in total. The zero-order valence-corrected chi connectivity index (χ0v) is 20.8. The van der Waals surface area contributed by atoms with E-state index in [9.17, 15) is 4.55 Å². The minimum atomic E-state index is -1.22. The van der Waals surface area contributed by atoms with Crippen molar-refractivity contribution in [3.05, 3.63) is 78.0 Å². The highest BCUT2D eigenvalue weighted by molar-refractivity contribution is 7.90. The molecule has 0 radical (unpaired) electrons. The topological polar surface area (TPSA) is 86.5 Å². The minimum Gasteiger partial charge on any atom is -0.598 e. The van der Waals surface area contributed by atoms with Crippen molar-refractivity contribution < 1.29 is 13.8 Å². The van der Waals surface area contributed by atoms with Crippen molar-refractivity contribution >= 4 is 28.1 Å². The van der Waals surface area contributed by atoms with Gasteiger partial charge >= 0.3 is 0 Å². The Morgan fingerprint density at radius 1 is 1.00 bits per heavy atom. The summed E-state index contributed by atoms with van der Waals surface area (Å²) in [6, 6.07) is 21.9. The van der Waals surface area contributed by atoms with Gasteiger partial charge in [-0.15, -0.1) is 4.72 Å². The largest absolute Gasteiger partial charge is 0.598 e. The average molecular weight is 491 g/mol. The Balaban J connectivity index is 1.51. The highest BCUT2D eigenvalue weighted by Gasteiger charge is 2.26. The second-order valence-corrected chi connectivity index (χ2v) is 10.7. The molecule has 0 amide bonds. The lowest BCUT2D eigenvalue weighted by atomic mass is 9.94. The fraction of sp³-hybridized carbons (Fsp3) is 0.333. The number of anilines is 1. The first-order chi connectivity index (χ1) is 17.1. The molecule has 0 unspecified atom stereocenters. The normalized spacial score (nSPS) is 16.1. The van der Waals surface area contributed by atoms with Gasteiger partial charge in [0.15, 0.2) is 5.58 Å². The van der Waals surface area contributed by atoms with Crippen molar-refractivity contribution in [2.75, 3.05) is 31.2 Å². The molecule has 2 atom stereocenters. The molecular formula is C27H30N4O3S. The molecule has 1 fully saturated rings. The van der Waals surface area contributed by atoms with Crippen LogP contribution in [0.1, 0.15) is 31.1 Å². The smallest absolute Gasteiger partial charge is 0.167 e. The number of hydrogen-bond donors (Lipinski definition) is 1. The number of pyridine rings is 1. The third-order valence-electron chi connectivity index (χ3n) is 6.20. The fourth-order valence-electron chi connectivity index (χ4n) is 4.35. The summed E-state index contributed by atoms with van der Waals surface area (Å²) in [4.78, 5) is 7.20. The third-order valence-corrected chi connectivity index (χ3v) is 7.57. The third kappa shape index (κ3) is 5.36. The molecule has 4 aromatic rings. The van der Waals surface area contributed by atoms with Gasteiger partial charge in [-0.05, 0) is 43.7 Å². The second-order valence-electron chi connectivity index (χ2n) is 8.92. The molecule has 1 aliphatic heterocycles. The van der Waals surface area contributed by atoms with E-state index in [1.165, 1.54) is 0 Å². The van der Waals surface area contributed by atoms with Crippen molar-refractivity contribution in [2.24, 2.45) is 0 Å². The van der Waals surface area contributed by atoms with Crippen LogP contribution in [-0.4, -0.2) is 46.2 Å². The highest BCUT2D eigenvalue weighted by Crippen LogP contribution is 2.34. The van der Waals surface area contributed by atoms with E-state index >= 15 is 0 Å². The Kier molecular flexibility index (Phi) is 7.34. The van der Waals surface area contributed by atoms with Gasteiger partial charge in [-0.3, -0.25) is 0 Å². The summed E-state index contributed by atoms with van der Waals surface area (Å²) >= 11 is -1.22. The van der Waals surface area contributed by atoms with Crippen LogP contribution in [-0.2, 0) is 22.5 Å². The van der Waals surface area contributed by atoms with Gasteiger partial charge in [0.2, 0.25) is 0 Å². The number of hydrogen-bond acceptors (Lipinski definition) is 7. The van der Waals surface area contributed by atoms with Crippen LogP contribution < -0.4 is 9.62 Å². The van der Waals surface area contributed by atoms with Crippen LogP contribution in [0.5, 0.6) is 0 Å². The van der Waals surface area contributed by atoms with Crippen molar-refractivity contribution in [2.45, 2.75) is 31.6 Å². The van der Waals surface area contributed by atoms with E-state index in [2.05, 4.69) is 20.8 Å². The zero-order valence-electron chi connectivity index (χ0n) is 20.0. The molecule has 0 bridgehead atoms. The predicted molar refractivity (Wildman–Crippen MR) is 140 cm³/mol. The Morgan fingerprint density at radius 3 is 2.60 bits per heavy atom. The zero-order chi connectivity index (χ0) is 24.2. The van der Waals surface area contributed by atoms with E-state index < -0.39 is 11.4 Å². The van der Waals surface area contributed by atoms with E-state index in [0.717, 1.165) is 52.4 Å². The number of aromatic nitrogens is 2. The van der Waals surface area contributed by atoms with E-state index in [-0.39, 0.29) is 11.3 Å².